The minimum Gasteiger partial charge on any atom is -0.339 e. The van der Waals surface area contributed by atoms with Crippen LogP contribution in [0.5, 0.6) is 0 Å². The molecule has 4 nitrogen and oxygen atoms in total. The number of carbonyl (C=O) groups excluding carboxylic acids is 1. The second-order valence-corrected chi connectivity index (χ2v) is 4.79. The summed E-state index contributed by atoms with van der Waals surface area (Å²) in [5, 5.41) is 6.65. The van der Waals surface area contributed by atoms with Gasteiger partial charge in [-0.25, -0.2) is 0 Å². The van der Waals surface area contributed by atoms with Crippen LogP contribution in [0.15, 0.2) is 0 Å². The molecular formula is C11H21N3O. The Hall–Kier alpha value is -0.610. The smallest absolute Gasteiger partial charge is 0.241 e. The Bertz CT molecular complexity index is 236. The van der Waals surface area contributed by atoms with E-state index in [0.717, 1.165) is 32.5 Å². The van der Waals surface area contributed by atoms with E-state index in [9.17, 15) is 4.79 Å². The third kappa shape index (κ3) is 2.32. The molecule has 0 spiro atoms. The number of rotatable bonds is 1. The van der Waals surface area contributed by atoms with Crippen LogP contribution < -0.4 is 10.6 Å². The van der Waals surface area contributed by atoms with Crippen molar-refractivity contribution in [3.05, 3.63) is 0 Å². The van der Waals surface area contributed by atoms with Gasteiger partial charge in [0.05, 0.1) is 6.04 Å². The highest BCUT2D eigenvalue weighted by atomic mass is 16.2. The number of amides is 1. The molecule has 2 heterocycles. The van der Waals surface area contributed by atoms with E-state index >= 15 is 0 Å². The van der Waals surface area contributed by atoms with Crippen molar-refractivity contribution >= 4 is 5.91 Å². The van der Waals surface area contributed by atoms with Crippen LogP contribution in [0.3, 0.4) is 0 Å². The molecule has 0 aromatic carbocycles. The summed E-state index contributed by atoms with van der Waals surface area (Å²) in [4.78, 5) is 14.2. The molecule has 0 aliphatic carbocycles. The number of piperazine rings is 1. The minimum absolute atomic E-state index is 0.0123. The Kier molecular flexibility index (Phi) is 3.26. The summed E-state index contributed by atoms with van der Waals surface area (Å²) in [5.74, 6) is 0.277. The van der Waals surface area contributed by atoms with Crippen molar-refractivity contribution in [2.24, 2.45) is 0 Å². The van der Waals surface area contributed by atoms with Gasteiger partial charge in [0.1, 0.15) is 0 Å². The highest BCUT2D eigenvalue weighted by Gasteiger charge is 2.32. The molecule has 2 N–H and O–H groups in total. The molecular weight excluding hydrogens is 190 g/mol. The zero-order chi connectivity index (χ0) is 10.8. The van der Waals surface area contributed by atoms with Crippen LogP contribution in [0.1, 0.15) is 26.7 Å². The molecule has 0 aromatic heterocycles. The van der Waals surface area contributed by atoms with Crippen LogP contribution in [0.4, 0.5) is 0 Å². The van der Waals surface area contributed by atoms with E-state index < -0.39 is 0 Å². The average molecular weight is 211 g/mol. The Morgan fingerprint density at radius 3 is 2.60 bits per heavy atom. The third-order valence-corrected chi connectivity index (χ3v) is 3.48. The van der Waals surface area contributed by atoms with E-state index in [1.807, 2.05) is 4.90 Å². The van der Waals surface area contributed by atoms with Crippen molar-refractivity contribution in [2.45, 2.75) is 44.8 Å². The van der Waals surface area contributed by atoms with Gasteiger partial charge in [-0.15, -0.1) is 0 Å². The summed E-state index contributed by atoms with van der Waals surface area (Å²) in [6.45, 7) is 6.87. The van der Waals surface area contributed by atoms with Gasteiger partial charge in [0.15, 0.2) is 0 Å². The fourth-order valence-electron chi connectivity index (χ4n) is 2.42. The standard InChI is InChI=1S/C11H21N3O/c1-8-6-13-10(7-12-8)11(15)14-5-3-4-9(14)2/h8-10,12-13H,3-7H2,1-2H3. The first-order valence-corrected chi connectivity index (χ1v) is 5.95. The van der Waals surface area contributed by atoms with Gasteiger partial charge in [-0.3, -0.25) is 4.79 Å². The van der Waals surface area contributed by atoms with Crippen LogP contribution in [-0.4, -0.2) is 48.6 Å². The molecule has 0 bridgehead atoms. The topological polar surface area (TPSA) is 44.4 Å². The molecule has 2 aliphatic rings. The van der Waals surface area contributed by atoms with Gasteiger partial charge in [0, 0.05) is 31.7 Å². The van der Waals surface area contributed by atoms with Gasteiger partial charge in [-0.1, -0.05) is 0 Å². The number of nitrogens with one attached hydrogen (secondary N) is 2. The summed E-state index contributed by atoms with van der Waals surface area (Å²) in [7, 11) is 0. The SMILES string of the molecule is CC1CNC(C(=O)N2CCCC2C)CN1. The van der Waals surface area contributed by atoms with Gasteiger partial charge < -0.3 is 15.5 Å². The van der Waals surface area contributed by atoms with E-state index in [0.29, 0.717) is 12.1 Å². The Labute approximate surface area is 91.4 Å². The molecule has 2 rings (SSSR count). The van der Waals surface area contributed by atoms with E-state index in [2.05, 4.69) is 24.5 Å². The Morgan fingerprint density at radius 2 is 2.07 bits per heavy atom. The van der Waals surface area contributed by atoms with Gasteiger partial charge in [-0.05, 0) is 26.7 Å². The maximum atomic E-state index is 12.1. The van der Waals surface area contributed by atoms with Crippen molar-refractivity contribution in [3.8, 4) is 0 Å². The molecule has 15 heavy (non-hydrogen) atoms. The quantitative estimate of drug-likeness (QED) is 0.639. The van der Waals surface area contributed by atoms with Crippen molar-refractivity contribution < 1.29 is 4.79 Å². The molecule has 1 amide bonds. The van der Waals surface area contributed by atoms with Gasteiger partial charge in [-0.2, -0.15) is 0 Å². The summed E-state index contributed by atoms with van der Waals surface area (Å²) >= 11 is 0. The second kappa shape index (κ2) is 4.49. The number of carbonyl (C=O) groups is 1. The lowest BCUT2D eigenvalue weighted by Crippen LogP contribution is -2.59. The largest absolute Gasteiger partial charge is 0.339 e. The highest BCUT2D eigenvalue weighted by molar-refractivity contribution is 5.82. The van der Waals surface area contributed by atoms with Crippen LogP contribution in [0, 0.1) is 0 Å². The molecule has 3 unspecified atom stereocenters. The monoisotopic (exact) mass is 211 g/mol. The fourth-order valence-corrected chi connectivity index (χ4v) is 2.42. The van der Waals surface area contributed by atoms with Crippen molar-refractivity contribution in [1.82, 2.24) is 15.5 Å². The normalized spacial score (nSPS) is 36.9. The molecule has 0 aromatic rings. The van der Waals surface area contributed by atoms with Crippen LogP contribution in [0.2, 0.25) is 0 Å². The second-order valence-electron chi connectivity index (χ2n) is 4.79. The molecule has 4 heteroatoms. The Morgan fingerprint density at radius 1 is 1.27 bits per heavy atom. The van der Waals surface area contributed by atoms with Gasteiger partial charge in [0.2, 0.25) is 5.91 Å². The number of hydrogen-bond donors (Lipinski definition) is 2. The molecule has 3 atom stereocenters. The van der Waals surface area contributed by atoms with Crippen LogP contribution >= 0.6 is 0 Å². The number of likely N-dealkylation sites (tertiary alicyclic amines) is 1. The first-order valence-electron chi connectivity index (χ1n) is 5.95. The lowest BCUT2D eigenvalue weighted by Gasteiger charge is -2.32. The lowest BCUT2D eigenvalue weighted by molar-refractivity contribution is -0.134. The predicted octanol–water partition coefficient (Wildman–Crippen LogP) is -0.0528. The predicted molar refractivity (Wildman–Crippen MR) is 59.7 cm³/mol. The van der Waals surface area contributed by atoms with E-state index in [1.165, 1.54) is 0 Å². The zero-order valence-electron chi connectivity index (χ0n) is 9.62. The summed E-state index contributed by atoms with van der Waals surface area (Å²) in [6, 6.07) is 0.894. The molecule has 0 radical (unpaired) electrons. The number of hydrogen-bond acceptors (Lipinski definition) is 3. The maximum absolute atomic E-state index is 12.1. The molecule has 0 saturated carbocycles. The Balaban J connectivity index is 1.90. The molecule has 2 fully saturated rings. The van der Waals surface area contributed by atoms with Crippen molar-refractivity contribution in [3.63, 3.8) is 0 Å². The molecule has 2 aliphatic heterocycles. The first-order chi connectivity index (χ1) is 7.18. The maximum Gasteiger partial charge on any atom is 0.241 e. The highest BCUT2D eigenvalue weighted by Crippen LogP contribution is 2.17. The van der Waals surface area contributed by atoms with Crippen molar-refractivity contribution in [1.29, 1.82) is 0 Å². The zero-order valence-corrected chi connectivity index (χ0v) is 9.62. The average Bonchev–Trinajstić information content (AvgIpc) is 2.65. The fraction of sp³-hybridized carbons (Fsp3) is 0.909. The van der Waals surface area contributed by atoms with Gasteiger partial charge >= 0.3 is 0 Å². The third-order valence-electron chi connectivity index (χ3n) is 3.48. The van der Waals surface area contributed by atoms with E-state index in [1.54, 1.807) is 0 Å². The minimum atomic E-state index is -0.0123. The van der Waals surface area contributed by atoms with E-state index in [4.69, 9.17) is 0 Å². The summed E-state index contributed by atoms with van der Waals surface area (Å²) < 4.78 is 0. The van der Waals surface area contributed by atoms with E-state index in [-0.39, 0.29) is 11.9 Å². The summed E-state index contributed by atoms with van der Waals surface area (Å²) in [5.41, 5.74) is 0. The first kappa shape index (κ1) is 10.9. The summed E-state index contributed by atoms with van der Waals surface area (Å²) in [6.07, 6.45) is 2.31. The number of nitrogens with zero attached hydrogens (tertiary/aromatic N) is 1. The lowest BCUT2D eigenvalue weighted by atomic mass is 10.1. The van der Waals surface area contributed by atoms with Crippen molar-refractivity contribution in [2.75, 3.05) is 19.6 Å². The molecule has 2 saturated heterocycles. The van der Waals surface area contributed by atoms with Crippen LogP contribution in [0.25, 0.3) is 0 Å². The molecule has 86 valence electrons. The van der Waals surface area contributed by atoms with Crippen LogP contribution in [-0.2, 0) is 4.79 Å². The van der Waals surface area contributed by atoms with Gasteiger partial charge in [0.25, 0.3) is 0 Å².